The fraction of sp³-hybridized carbons (Fsp3) is 0.600. The van der Waals surface area contributed by atoms with Crippen LogP contribution < -0.4 is 10.1 Å². The lowest BCUT2D eigenvalue weighted by Crippen LogP contribution is -2.35. The number of hydrogen-bond acceptors (Lipinski definition) is 2. The molecule has 0 saturated carbocycles. The first-order valence-electron chi connectivity index (χ1n) is 6.61. The number of methoxy groups -OCH3 is 1. The second-order valence-electron chi connectivity index (χ2n) is 5.00. The number of piperidine rings is 1. The average Bonchev–Trinajstić information content (AvgIpc) is 2.38. The van der Waals surface area contributed by atoms with E-state index in [0.29, 0.717) is 5.92 Å². The Labute approximate surface area is 104 Å². The highest BCUT2D eigenvalue weighted by Gasteiger charge is 2.25. The molecule has 2 unspecified atom stereocenters. The number of hydrogen-bond donors (Lipinski definition) is 1. The summed E-state index contributed by atoms with van der Waals surface area (Å²) in [4.78, 5) is 0. The lowest BCUT2D eigenvalue weighted by Gasteiger charge is -2.32. The molecule has 0 aromatic heterocycles. The molecule has 1 N–H and O–H groups in total. The topological polar surface area (TPSA) is 21.3 Å². The zero-order chi connectivity index (χ0) is 12.3. The van der Waals surface area contributed by atoms with Crippen molar-refractivity contribution in [2.45, 2.75) is 32.6 Å². The summed E-state index contributed by atoms with van der Waals surface area (Å²) in [5, 5.41) is 3.50. The van der Waals surface area contributed by atoms with Crippen molar-refractivity contribution in [1.29, 1.82) is 0 Å². The Morgan fingerprint density at radius 2 is 2.24 bits per heavy atom. The van der Waals surface area contributed by atoms with Gasteiger partial charge in [0.2, 0.25) is 0 Å². The van der Waals surface area contributed by atoms with E-state index in [9.17, 15) is 0 Å². The Balaban J connectivity index is 2.23. The van der Waals surface area contributed by atoms with Crippen molar-refractivity contribution in [3.05, 3.63) is 29.3 Å². The summed E-state index contributed by atoms with van der Waals surface area (Å²) in [7, 11) is 1.74. The van der Waals surface area contributed by atoms with Crippen molar-refractivity contribution in [3.8, 4) is 5.75 Å². The first-order valence-corrected chi connectivity index (χ1v) is 6.61. The molecule has 0 bridgehead atoms. The van der Waals surface area contributed by atoms with Gasteiger partial charge >= 0.3 is 0 Å². The number of ether oxygens (including phenoxy) is 1. The van der Waals surface area contributed by atoms with Crippen LogP contribution in [-0.4, -0.2) is 20.2 Å². The van der Waals surface area contributed by atoms with E-state index in [-0.39, 0.29) is 0 Å². The zero-order valence-corrected chi connectivity index (χ0v) is 11.1. The van der Waals surface area contributed by atoms with Gasteiger partial charge in [0.15, 0.2) is 0 Å². The summed E-state index contributed by atoms with van der Waals surface area (Å²) in [5.41, 5.74) is 2.73. The molecule has 0 radical (unpaired) electrons. The molecule has 2 heteroatoms. The van der Waals surface area contributed by atoms with Gasteiger partial charge in [-0.05, 0) is 55.5 Å². The van der Waals surface area contributed by atoms with Gasteiger partial charge in [0.25, 0.3) is 0 Å². The molecule has 1 aromatic carbocycles. The summed E-state index contributed by atoms with van der Waals surface area (Å²) in [6, 6.07) is 6.65. The SMILES string of the molecule is CCC1CNCCC1c1ccc(OC)c(C)c1. The second kappa shape index (κ2) is 5.54. The molecule has 1 fully saturated rings. The molecule has 0 amide bonds. The fourth-order valence-electron chi connectivity index (χ4n) is 2.92. The van der Waals surface area contributed by atoms with Crippen LogP contribution in [0, 0.1) is 12.8 Å². The molecule has 2 rings (SSSR count). The highest BCUT2D eigenvalue weighted by Crippen LogP contribution is 2.34. The smallest absolute Gasteiger partial charge is 0.121 e. The van der Waals surface area contributed by atoms with Crippen LogP contribution in [0.4, 0.5) is 0 Å². The van der Waals surface area contributed by atoms with E-state index < -0.39 is 0 Å². The largest absolute Gasteiger partial charge is 0.496 e. The van der Waals surface area contributed by atoms with Crippen LogP contribution in [0.3, 0.4) is 0 Å². The molecule has 1 saturated heterocycles. The van der Waals surface area contributed by atoms with Crippen LogP contribution in [0.25, 0.3) is 0 Å². The van der Waals surface area contributed by atoms with Crippen molar-refractivity contribution >= 4 is 0 Å². The second-order valence-corrected chi connectivity index (χ2v) is 5.00. The van der Waals surface area contributed by atoms with E-state index >= 15 is 0 Å². The van der Waals surface area contributed by atoms with Crippen molar-refractivity contribution in [2.24, 2.45) is 5.92 Å². The third kappa shape index (κ3) is 2.63. The molecule has 0 spiro atoms. The summed E-state index contributed by atoms with van der Waals surface area (Å²) < 4.78 is 5.33. The lowest BCUT2D eigenvalue weighted by atomic mass is 9.79. The monoisotopic (exact) mass is 233 g/mol. The standard InChI is InChI=1S/C15H23NO/c1-4-12-10-16-8-7-14(12)13-5-6-15(17-3)11(2)9-13/h5-6,9,12,14,16H,4,7-8,10H2,1-3H3. The van der Waals surface area contributed by atoms with Gasteiger partial charge in [-0.25, -0.2) is 0 Å². The first-order chi connectivity index (χ1) is 8.26. The molecular formula is C15H23NO. The van der Waals surface area contributed by atoms with Gasteiger partial charge in [0.05, 0.1) is 7.11 Å². The van der Waals surface area contributed by atoms with Gasteiger partial charge in [-0.3, -0.25) is 0 Å². The summed E-state index contributed by atoms with van der Waals surface area (Å²) >= 11 is 0. The number of aryl methyl sites for hydroxylation is 1. The van der Waals surface area contributed by atoms with E-state index in [1.165, 1.54) is 24.0 Å². The molecule has 1 aromatic rings. The van der Waals surface area contributed by atoms with Crippen molar-refractivity contribution < 1.29 is 4.74 Å². The van der Waals surface area contributed by atoms with Crippen LogP contribution >= 0.6 is 0 Å². The molecular weight excluding hydrogens is 210 g/mol. The van der Waals surface area contributed by atoms with Gasteiger partial charge in [0.1, 0.15) is 5.75 Å². The van der Waals surface area contributed by atoms with E-state index in [1.807, 2.05) is 0 Å². The van der Waals surface area contributed by atoms with Crippen LogP contribution in [-0.2, 0) is 0 Å². The van der Waals surface area contributed by atoms with Crippen LogP contribution in [0.1, 0.15) is 36.8 Å². The maximum Gasteiger partial charge on any atom is 0.121 e. The molecule has 1 heterocycles. The summed E-state index contributed by atoms with van der Waals surface area (Å²) in [5.74, 6) is 2.48. The minimum absolute atomic E-state index is 0.714. The molecule has 17 heavy (non-hydrogen) atoms. The van der Waals surface area contributed by atoms with Crippen LogP contribution in [0.2, 0.25) is 0 Å². The average molecular weight is 233 g/mol. The van der Waals surface area contributed by atoms with Gasteiger partial charge < -0.3 is 10.1 Å². The molecule has 1 aliphatic rings. The molecule has 1 aliphatic heterocycles. The Morgan fingerprint density at radius 1 is 1.41 bits per heavy atom. The maximum absolute atomic E-state index is 5.33. The molecule has 0 aliphatic carbocycles. The Hall–Kier alpha value is -1.02. The normalized spacial score (nSPS) is 24.6. The highest BCUT2D eigenvalue weighted by molar-refractivity contribution is 5.38. The number of benzene rings is 1. The van der Waals surface area contributed by atoms with Gasteiger partial charge in [-0.1, -0.05) is 25.5 Å². The van der Waals surface area contributed by atoms with Gasteiger partial charge in [-0.15, -0.1) is 0 Å². The van der Waals surface area contributed by atoms with E-state index in [1.54, 1.807) is 7.11 Å². The highest BCUT2D eigenvalue weighted by atomic mass is 16.5. The fourth-order valence-corrected chi connectivity index (χ4v) is 2.92. The zero-order valence-electron chi connectivity index (χ0n) is 11.1. The van der Waals surface area contributed by atoms with Crippen LogP contribution in [0.5, 0.6) is 5.75 Å². The minimum atomic E-state index is 0.714. The maximum atomic E-state index is 5.33. The molecule has 94 valence electrons. The summed E-state index contributed by atoms with van der Waals surface area (Å²) in [6.07, 6.45) is 2.51. The van der Waals surface area contributed by atoms with Crippen molar-refractivity contribution in [3.63, 3.8) is 0 Å². The quantitative estimate of drug-likeness (QED) is 0.866. The number of nitrogens with one attached hydrogen (secondary N) is 1. The van der Waals surface area contributed by atoms with E-state index in [4.69, 9.17) is 4.74 Å². The number of rotatable bonds is 3. The Morgan fingerprint density at radius 3 is 2.88 bits per heavy atom. The van der Waals surface area contributed by atoms with E-state index in [0.717, 1.165) is 24.8 Å². The predicted molar refractivity (Wildman–Crippen MR) is 71.7 cm³/mol. The van der Waals surface area contributed by atoms with Crippen LogP contribution in [0.15, 0.2) is 18.2 Å². The van der Waals surface area contributed by atoms with Gasteiger partial charge in [0, 0.05) is 0 Å². The summed E-state index contributed by atoms with van der Waals surface area (Å²) in [6.45, 7) is 6.73. The lowest BCUT2D eigenvalue weighted by molar-refractivity contribution is 0.317. The minimum Gasteiger partial charge on any atom is -0.496 e. The third-order valence-electron chi connectivity index (χ3n) is 3.98. The Kier molecular flexibility index (Phi) is 4.06. The van der Waals surface area contributed by atoms with Gasteiger partial charge in [-0.2, -0.15) is 0 Å². The Bertz CT molecular complexity index is 375. The first kappa shape index (κ1) is 12.4. The van der Waals surface area contributed by atoms with E-state index in [2.05, 4.69) is 37.4 Å². The molecule has 2 nitrogen and oxygen atoms in total. The van der Waals surface area contributed by atoms with Crippen molar-refractivity contribution in [1.82, 2.24) is 5.32 Å². The molecule has 2 atom stereocenters. The predicted octanol–water partition coefficient (Wildman–Crippen LogP) is 3.11. The third-order valence-corrected chi connectivity index (χ3v) is 3.98. The van der Waals surface area contributed by atoms with Crippen molar-refractivity contribution in [2.75, 3.05) is 20.2 Å².